The van der Waals surface area contributed by atoms with Gasteiger partial charge in [-0.2, -0.15) is 9.97 Å². The molecule has 0 fully saturated rings. The molecule has 17 rings (SSSR count). The number of benzene rings is 11. The highest BCUT2D eigenvalue weighted by molar-refractivity contribution is 6.24. The lowest BCUT2D eigenvalue weighted by molar-refractivity contribution is 0.661. The Morgan fingerprint density at radius 3 is 1.54 bits per heavy atom. The van der Waals surface area contributed by atoms with Crippen molar-refractivity contribution in [3.8, 4) is 90.8 Å². The van der Waals surface area contributed by atoms with E-state index < -0.39 is 0 Å². The van der Waals surface area contributed by atoms with Crippen molar-refractivity contribution in [3.63, 3.8) is 0 Å². The van der Waals surface area contributed by atoms with E-state index >= 15 is 0 Å². The molecule has 0 amide bonds. The zero-order valence-corrected chi connectivity index (χ0v) is 45.7. The topological polar surface area (TPSA) is 100 Å². The highest BCUT2D eigenvalue weighted by atomic mass is 16.3. The highest BCUT2D eigenvalue weighted by Crippen LogP contribution is 2.54. The Morgan fingerprint density at radius 2 is 0.833 bits per heavy atom. The summed E-state index contributed by atoms with van der Waals surface area (Å²) in [5, 5.41) is 6.65. The van der Waals surface area contributed by atoms with Gasteiger partial charge in [-0.3, -0.25) is 4.57 Å². The molecule has 0 spiro atoms. The average molecular weight is 1080 g/mol. The molecule has 1 aliphatic rings. The number of furan rings is 1. The largest absolute Gasteiger partial charge is 0.455 e. The lowest BCUT2D eigenvalue weighted by atomic mass is 9.81. The molecule has 1 aliphatic carbocycles. The number of para-hydroxylation sites is 4. The van der Waals surface area contributed by atoms with E-state index in [0.717, 1.165) is 99.4 Å². The second kappa shape index (κ2) is 18.4. The second-order valence-corrected chi connectivity index (χ2v) is 22.2. The van der Waals surface area contributed by atoms with Crippen molar-refractivity contribution in [2.75, 3.05) is 0 Å². The van der Waals surface area contributed by atoms with Crippen LogP contribution in [0.25, 0.3) is 156 Å². The molecule has 84 heavy (non-hydrogen) atoms. The number of nitrogens with zero attached hydrogens (tertiary/aromatic N) is 8. The summed E-state index contributed by atoms with van der Waals surface area (Å²) in [7, 11) is 0. The quantitative estimate of drug-likeness (QED) is 0.149. The molecule has 0 N–H and O–H groups in total. The van der Waals surface area contributed by atoms with Gasteiger partial charge in [0.15, 0.2) is 29.1 Å². The smallest absolute Gasteiger partial charge is 0.238 e. The van der Waals surface area contributed by atoms with Gasteiger partial charge in [0.25, 0.3) is 0 Å². The van der Waals surface area contributed by atoms with E-state index in [9.17, 15) is 0 Å². The maximum absolute atomic E-state index is 6.65. The van der Waals surface area contributed by atoms with Gasteiger partial charge >= 0.3 is 0 Å². The minimum atomic E-state index is -0.315. The van der Waals surface area contributed by atoms with Crippen molar-refractivity contribution in [1.29, 1.82) is 0 Å². The van der Waals surface area contributed by atoms with E-state index in [0.29, 0.717) is 35.1 Å². The van der Waals surface area contributed by atoms with Crippen LogP contribution in [0.5, 0.6) is 0 Å². The summed E-state index contributed by atoms with van der Waals surface area (Å²) in [6, 6.07) is 89.0. The van der Waals surface area contributed by atoms with Crippen LogP contribution in [0.1, 0.15) is 25.0 Å². The summed E-state index contributed by atoms with van der Waals surface area (Å²) < 4.78 is 11.2. The lowest BCUT2D eigenvalue weighted by Gasteiger charge is -2.22. The molecule has 0 aliphatic heterocycles. The molecule has 394 valence electrons. The van der Waals surface area contributed by atoms with E-state index in [4.69, 9.17) is 34.3 Å². The van der Waals surface area contributed by atoms with Crippen LogP contribution < -0.4 is 0 Å². The van der Waals surface area contributed by atoms with Crippen molar-refractivity contribution in [1.82, 2.24) is 39.0 Å². The fraction of sp³-hybridized carbons (Fsp3) is 0.0400. The molecule has 0 radical (unpaired) electrons. The molecule has 0 saturated carbocycles. The number of aromatic nitrogens is 8. The van der Waals surface area contributed by atoms with Crippen LogP contribution >= 0.6 is 0 Å². The minimum Gasteiger partial charge on any atom is -0.455 e. The maximum Gasteiger partial charge on any atom is 0.238 e. The molecule has 9 heteroatoms. The predicted octanol–water partition coefficient (Wildman–Crippen LogP) is 18.5. The van der Waals surface area contributed by atoms with Crippen LogP contribution in [0.15, 0.2) is 259 Å². The third-order valence-corrected chi connectivity index (χ3v) is 17.0. The van der Waals surface area contributed by atoms with Crippen molar-refractivity contribution >= 4 is 65.6 Å². The van der Waals surface area contributed by atoms with Gasteiger partial charge < -0.3 is 8.98 Å². The van der Waals surface area contributed by atoms with Gasteiger partial charge in [0, 0.05) is 60.2 Å². The Morgan fingerprint density at radius 1 is 0.321 bits per heavy atom. The second-order valence-electron chi connectivity index (χ2n) is 22.2. The highest BCUT2D eigenvalue weighted by Gasteiger charge is 2.38. The van der Waals surface area contributed by atoms with Gasteiger partial charge in [0.1, 0.15) is 11.2 Å². The molecule has 0 atom stereocenters. The third kappa shape index (κ3) is 7.28. The van der Waals surface area contributed by atoms with Crippen molar-refractivity contribution in [2.24, 2.45) is 0 Å². The summed E-state index contributed by atoms with van der Waals surface area (Å²) in [4.78, 5) is 31.3. The molecule has 0 saturated heterocycles. The Hall–Kier alpha value is -11.2. The van der Waals surface area contributed by atoms with Crippen LogP contribution in [-0.2, 0) is 5.41 Å². The number of rotatable bonds is 8. The number of fused-ring (bicyclic) bond motifs is 14. The molecular weight excluding hydrogens is 1030 g/mol. The van der Waals surface area contributed by atoms with Crippen LogP contribution in [0, 0.1) is 0 Å². The summed E-state index contributed by atoms with van der Waals surface area (Å²) in [5.74, 6) is 3.54. The first kappa shape index (κ1) is 47.6. The molecule has 9 nitrogen and oxygen atoms in total. The molecule has 5 aromatic heterocycles. The molecule has 11 aromatic carbocycles. The Kier molecular flexibility index (Phi) is 10.5. The summed E-state index contributed by atoms with van der Waals surface area (Å²) in [6.45, 7) is 4.72. The summed E-state index contributed by atoms with van der Waals surface area (Å²) in [6.07, 6.45) is 0. The monoisotopic (exact) mass is 1080 g/mol. The van der Waals surface area contributed by atoms with Crippen LogP contribution in [0.2, 0.25) is 0 Å². The minimum absolute atomic E-state index is 0.315. The van der Waals surface area contributed by atoms with E-state index in [-0.39, 0.29) is 5.41 Å². The predicted molar refractivity (Wildman–Crippen MR) is 339 cm³/mol. The third-order valence-electron chi connectivity index (χ3n) is 17.0. The van der Waals surface area contributed by atoms with Crippen LogP contribution in [0.3, 0.4) is 0 Å². The van der Waals surface area contributed by atoms with E-state index in [1.54, 1.807) is 0 Å². The molecule has 0 bridgehead atoms. The fourth-order valence-corrected chi connectivity index (χ4v) is 13.1. The standard InChI is InChI=1S/C75H48N8O/c1-75(2)57-40-42-62-66(54-30-12-16-33-59(54)82(62)61-35-18-14-32-56(61)73-78-69(45-21-6-3-7-22-45)76-70(79-73)46-23-8-4-9-24-46)65(57)53-38-37-49(44-58(53)75)48-27-20-28-50(43-48)72-77-71(47-25-10-5-11-26-47)80-74(81-72)83-60-34-17-13-31-55(60)67-63(83)41-39-52-51-29-15-19-36-64(51)84-68(52)67/h3-44H,1-2H3. The summed E-state index contributed by atoms with van der Waals surface area (Å²) in [5.41, 5.74) is 18.3. The number of hydrogen-bond donors (Lipinski definition) is 0. The van der Waals surface area contributed by atoms with E-state index in [1.165, 1.54) is 33.0 Å². The Labute approximate surface area is 482 Å². The molecule has 0 unspecified atom stereocenters. The normalized spacial score (nSPS) is 12.7. The van der Waals surface area contributed by atoms with E-state index in [2.05, 4.69) is 211 Å². The fourth-order valence-electron chi connectivity index (χ4n) is 13.1. The van der Waals surface area contributed by atoms with Gasteiger partial charge in [-0.25, -0.2) is 19.9 Å². The number of hydrogen-bond acceptors (Lipinski definition) is 7. The maximum atomic E-state index is 6.65. The van der Waals surface area contributed by atoms with Gasteiger partial charge in [-0.1, -0.05) is 208 Å². The van der Waals surface area contributed by atoms with Crippen LogP contribution in [0.4, 0.5) is 0 Å². The Balaban J connectivity index is 0.796. The first-order valence-corrected chi connectivity index (χ1v) is 28.4. The molecule has 5 heterocycles. The van der Waals surface area contributed by atoms with Gasteiger partial charge in [-0.15, -0.1) is 0 Å². The molecular formula is C75H48N8O. The summed E-state index contributed by atoms with van der Waals surface area (Å²) >= 11 is 0. The zero-order valence-electron chi connectivity index (χ0n) is 45.7. The van der Waals surface area contributed by atoms with Gasteiger partial charge in [-0.05, 0) is 94.0 Å². The molecule has 16 aromatic rings. The van der Waals surface area contributed by atoms with Crippen molar-refractivity contribution in [3.05, 3.63) is 266 Å². The first-order valence-electron chi connectivity index (χ1n) is 28.4. The van der Waals surface area contributed by atoms with E-state index in [1.807, 2.05) is 66.7 Å². The van der Waals surface area contributed by atoms with Crippen LogP contribution in [-0.4, -0.2) is 39.0 Å². The van der Waals surface area contributed by atoms with Crippen molar-refractivity contribution in [2.45, 2.75) is 19.3 Å². The average Bonchev–Trinajstić information content (AvgIpc) is 3.55. The Bertz CT molecular complexity index is 5290. The van der Waals surface area contributed by atoms with Gasteiger partial charge in [0.2, 0.25) is 5.95 Å². The van der Waals surface area contributed by atoms with Crippen molar-refractivity contribution < 1.29 is 4.42 Å². The SMILES string of the molecule is CC1(C)c2cc(-c3cccc(-c4nc(-c5ccccc5)nc(-n5c6ccccc6c6c7oc8ccccc8c7ccc65)n4)c3)ccc2-c2c1ccc1c2c2ccccc2n1-c1ccccc1-c1nc(-c2ccccc2)nc(-c2ccccc2)n1. The zero-order chi connectivity index (χ0) is 55.6. The lowest BCUT2D eigenvalue weighted by Crippen LogP contribution is -2.15. The first-order chi connectivity index (χ1) is 41.4. The van der Waals surface area contributed by atoms with Gasteiger partial charge in [0.05, 0.1) is 33.1 Å².